The number of carbonyl (C=O) groups excluding carboxylic acids is 2. The van der Waals surface area contributed by atoms with Crippen molar-refractivity contribution < 1.29 is 14.3 Å². The van der Waals surface area contributed by atoms with Crippen molar-refractivity contribution in [3.05, 3.63) is 30.1 Å². The molecule has 1 aromatic rings. The molecule has 2 fully saturated rings. The number of pyridine rings is 1. The van der Waals surface area contributed by atoms with E-state index in [4.69, 9.17) is 4.74 Å². The molecule has 2 saturated heterocycles. The Balaban J connectivity index is 1.47. The second-order valence-electron chi connectivity index (χ2n) is 7.09. The van der Waals surface area contributed by atoms with Crippen LogP contribution in [0.1, 0.15) is 37.7 Å². The maximum Gasteiger partial charge on any atom is 0.410 e. The summed E-state index contributed by atoms with van der Waals surface area (Å²) in [6, 6.07) is 3.86. The molecule has 0 aromatic carbocycles. The zero-order chi connectivity index (χ0) is 18.4. The molecule has 3 rings (SSSR count). The number of nitrogens with one attached hydrogen (secondary N) is 1. The molecular weight excluding hydrogens is 332 g/mol. The van der Waals surface area contributed by atoms with E-state index >= 15 is 0 Å². The summed E-state index contributed by atoms with van der Waals surface area (Å²) in [6.45, 7) is 3.42. The molecule has 142 valence electrons. The molecule has 0 aliphatic carbocycles. The Labute approximate surface area is 154 Å². The normalized spacial score (nSPS) is 22.0. The fraction of sp³-hybridized carbons (Fsp3) is 0.632. The molecule has 0 bridgehead atoms. The molecule has 1 atom stereocenters. The maximum absolute atomic E-state index is 12.7. The summed E-state index contributed by atoms with van der Waals surface area (Å²) >= 11 is 0. The highest BCUT2D eigenvalue weighted by molar-refractivity contribution is 5.86. The van der Waals surface area contributed by atoms with E-state index in [2.05, 4.69) is 15.2 Å². The standard InChI is InChI=1S/C19H28N4O3/c1-26-19(25)23-11-3-2-4-17(23)18(24)21-16-7-12-22(13-8-16)14-15-5-9-20-10-6-15/h5-6,9-10,16-17H,2-4,7-8,11-14H2,1H3,(H,21,24)/t17-/m1/s1. The highest BCUT2D eigenvalue weighted by Gasteiger charge is 2.34. The monoisotopic (exact) mass is 360 g/mol. The minimum Gasteiger partial charge on any atom is -0.453 e. The molecule has 0 spiro atoms. The lowest BCUT2D eigenvalue weighted by Crippen LogP contribution is -2.55. The summed E-state index contributed by atoms with van der Waals surface area (Å²) in [5, 5.41) is 3.16. The van der Waals surface area contributed by atoms with Gasteiger partial charge in [0, 0.05) is 44.6 Å². The molecule has 2 aliphatic heterocycles. The van der Waals surface area contributed by atoms with Crippen molar-refractivity contribution >= 4 is 12.0 Å². The van der Waals surface area contributed by atoms with Gasteiger partial charge in [-0.1, -0.05) is 0 Å². The van der Waals surface area contributed by atoms with Crippen molar-refractivity contribution in [2.75, 3.05) is 26.7 Å². The summed E-state index contributed by atoms with van der Waals surface area (Å²) in [4.78, 5) is 32.6. The number of hydrogen-bond donors (Lipinski definition) is 1. The number of hydrogen-bond acceptors (Lipinski definition) is 5. The predicted octanol–water partition coefficient (Wildman–Crippen LogP) is 1.78. The average Bonchev–Trinajstić information content (AvgIpc) is 2.69. The Bertz CT molecular complexity index is 602. The van der Waals surface area contributed by atoms with Crippen molar-refractivity contribution in [3.8, 4) is 0 Å². The van der Waals surface area contributed by atoms with Gasteiger partial charge >= 0.3 is 6.09 Å². The van der Waals surface area contributed by atoms with Crippen LogP contribution in [0.3, 0.4) is 0 Å². The van der Waals surface area contributed by atoms with Crippen LogP contribution < -0.4 is 5.32 Å². The molecule has 7 heteroatoms. The zero-order valence-corrected chi connectivity index (χ0v) is 15.4. The molecule has 1 aromatic heterocycles. The lowest BCUT2D eigenvalue weighted by Gasteiger charge is -2.36. The number of amides is 2. The smallest absolute Gasteiger partial charge is 0.410 e. The average molecular weight is 360 g/mol. The van der Waals surface area contributed by atoms with Crippen LogP contribution in [0.5, 0.6) is 0 Å². The topological polar surface area (TPSA) is 74.8 Å². The van der Waals surface area contributed by atoms with E-state index in [9.17, 15) is 9.59 Å². The number of aromatic nitrogens is 1. The van der Waals surface area contributed by atoms with Crippen LogP contribution in [-0.4, -0.2) is 65.6 Å². The lowest BCUT2D eigenvalue weighted by molar-refractivity contribution is -0.128. The minimum atomic E-state index is -0.406. The molecule has 0 saturated carbocycles. The van der Waals surface area contributed by atoms with Crippen LogP contribution in [0.4, 0.5) is 4.79 Å². The van der Waals surface area contributed by atoms with Gasteiger partial charge < -0.3 is 10.1 Å². The molecule has 2 amide bonds. The number of methoxy groups -OCH3 is 1. The van der Waals surface area contributed by atoms with E-state index in [-0.39, 0.29) is 11.9 Å². The first-order valence-electron chi connectivity index (χ1n) is 9.43. The first-order chi connectivity index (χ1) is 12.7. The predicted molar refractivity (Wildman–Crippen MR) is 97.4 cm³/mol. The van der Waals surface area contributed by atoms with Gasteiger partial charge in [0.15, 0.2) is 0 Å². The van der Waals surface area contributed by atoms with Gasteiger partial charge in [0.2, 0.25) is 5.91 Å². The van der Waals surface area contributed by atoms with Gasteiger partial charge in [-0.2, -0.15) is 0 Å². The summed E-state index contributed by atoms with van der Waals surface area (Å²) in [6.07, 6.45) is 7.70. The molecule has 26 heavy (non-hydrogen) atoms. The van der Waals surface area contributed by atoms with Crippen LogP contribution >= 0.6 is 0 Å². The van der Waals surface area contributed by atoms with E-state index in [1.54, 1.807) is 4.90 Å². The van der Waals surface area contributed by atoms with Gasteiger partial charge in [0.1, 0.15) is 6.04 Å². The second-order valence-corrected chi connectivity index (χ2v) is 7.09. The molecule has 3 heterocycles. The number of piperidine rings is 2. The SMILES string of the molecule is COC(=O)N1CCCC[C@@H]1C(=O)NC1CCN(Cc2ccncc2)CC1. The van der Waals surface area contributed by atoms with Crippen molar-refractivity contribution in [1.29, 1.82) is 0 Å². The number of rotatable bonds is 4. The Morgan fingerprint density at radius 3 is 2.58 bits per heavy atom. The van der Waals surface area contributed by atoms with Gasteiger partial charge in [0.25, 0.3) is 0 Å². The Morgan fingerprint density at radius 1 is 1.15 bits per heavy atom. The van der Waals surface area contributed by atoms with Crippen LogP contribution in [-0.2, 0) is 16.1 Å². The summed E-state index contributed by atoms with van der Waals surface area (Å²) in [7, 11) is 1.37. The van der Waals surface area contributed by atoms with Crippen LogP contribution in [0, 0.1) is 0 Å². The summed E-state index contributed by atoms with van der Waals surface area (Å²) in [5.74, 6) is -0.0392. The molecule has 2 aliphatic rings. The number of ether oxygens (including phenoxy) is 1. The zero-order valence-electron chi connectivity index (χ0n) is 15.4. The molecule has 7 nitrogen and oxygen atoms in total. The van der Waals surface area contributed by atoms with Gasteiger partial charge in [0.05, 0.1) is 7.11 Å². The highest BCUT2D eigenvalue weighted by Crippen LogP contribution is 2.19. The van der Waals surface area contributed by atoms with Crippen molar-refractivity contribution in [2.24, 2.45) is 0 Å². The van der Waals surface area contributed by atoms with E-state index in [1.807, 2.05) is 24.5 Å². The second kappa shape index (κ2) is 8.98. The van der Waals surface area contributed by atoms with Gasteiger partial charge in [-0.15, -0.1) is 0 Å². The Morgan fingerprint density at radius 2 is 1.88 bits per heavy atom. The quantitative estimate of drug-likeness (QED) is 0.886. The van der Waals surface area contributed by atoms with E-state index in [0.29, 0.717) is 13.0 Å². The number of likely N-dealkylation sites (tertiary alicyclic amines) is 2. The van der Waals surface area contributed by atoms with Gasteiger partial charge in [-0.3, -0.25) is 19.6 Å². The van der Waals surface area contributed by atoms with Crippen LogP contribution in [0.15, 0.2) is 24.5 Å². The molecule has 1 N–H and O–H groups in total. The fourth-order valence-electron chi connectivity index (χ4n) is 3.82. The van der Waals surface area contributed by atoms with Gasteiger partial charge in [-0.05, 0) is 49.8 Å². The molecular formula is C19H28N4O3. The minimum absolute atomic E-state index is 0.0392. The van der Waals surface area contributed by atoms with Crippen molar-refractivity contribution in [3.63, 3.8) is 0 Å². The number of carbonyl (C=O) groups is 2. The van der Waals surface area contributed by atoms with Crippen molar-refractivity contribution in [2.45, 2.75) is 50.7 Å². The molecule has 0 unspecified atom stereocenters. The number of nitrogens with zero attached hydrogens (tertiary/aromatic N) is 3. The Hall–Kier alpha value is -2.15. The Kier molecular flexibility index (Phi) is 6.44. The van der Waals surface area contributed by atoms with E-state index in [0.717, 1.165) is 45.3 Å². The largest absolute Gasteiger partial charge is 0.453 e. The van der Waals surface area contributed by atoms with Crippen LogP contribution in [0.2, 0.25) is 0 Å². The summed E-state index contributed by atoms with van der Waals surface area (Å²) in [5.41, 5.74) is 1.26. The highest BCUT2D eigenvalue weighted by atomic mass is 16.5. The third-order valence-electron chi connectivity index (χ3n) is 5.30. The van der Waals surface area contributed by atoms with Gasteiger partial charge in [-0.25, -0.2) is 4.79 Å². The fourth-order valence-corrected chi connectivity index (χ4v) is 3.82. The first-order valence-corrected chi connectivity index (χ1v) is 9.43. The van der Waals surface area contributed by atoms with E-state index in [1.165, 1.54) is 12.7 Å². The van der Waals surface area contributed by atoms with Crippen molar-refractivity contribution in [1.82, 2.24) is 20.1 Å². The van der Waals surface area contributed by atoms with E-state index < -0.39 is 12.1 Å². The molecule has 0 radical (unpaired) electrons. The maximum atomic E-state index is 12.7. The summed E-state index contributed by atoms with van der Waals surface area (Å²) < 4.78 is 4.83. The van der Waals surface area contributed by atoms with Crippen LogP contribution in [0.25, 0.3) is 0 Å². The third-order valence-corrected chi connectivity index (χ3v) is 5.30. The lowest BCUT2D eigenvalue weighted by atomic mass is 9.99. The first kappa shape index (κ1) is 18.6. The third kappa shape index (κ3) is 4.72.